The van der Waals surface area contributed by atoms with Crippen LogP contribution in [0, 0.1) is 17.6 Å². The van der Waals surface area contributed by atoms with Gasteiger partial charge in [0.05, 0.1) is 5.92 Å². The number of nitrogens with zero attached hydrogens (tertiary/aromatic N) is 2. The standard InChI is InChI=1S/C21H22F2N2O3/c22-17-9-7-15(8-10-17)20(18-5-1-2-6-19(18)23)24-28-13-12-25-11-3-4-16(14-25)21(26)27/h1-2,5-10,16H,3-4,11-14H2,(H,26,27)/t16-/m1/s1. The van der Waals surface area contributed by atoms with Crippen LogP contribution in [-0.2, 0) is 9.63 Å². The molecule has 7 heteroatoms. The van der Waals surface area contributed by atoms with Gasteiger partial charge in [-0.2, -0.15) is 0 Å². The van der Waals surface area contributed by atoms with Gasteiger partial charge in [0, 0.05) is 24.2 Å². The zero-order valence-corrected chi connectivity index (χ0v) is 15.4. The number of aliphatic carboxylic acids is 1. The van der Waals surface area contributed by atoms with Crippen molar-refractivity contribution in [3.63, 3.8) is 0 Å². The van der Waals surface area contributed by atoms with Gasteiger partial charge in [0.25, 0.3) is 0 Å². The smallest absolute Gasteiger partial charge is 0.307 e. The molecule has 28 heavy (non-hydrogen) atoms. The number of carboxylic acids is 1. The predicted octanol–water partition coefficient (Wildman–Crippen LogP) is 3.53. The molecular weight excluding hydrogens is 366 g/mol. The largest absolute Gasteiger partial charge is 0.481 e. The van der Waals surface area contributed by atoms with Crippen LogP contribution in [0.25, 0.3) is 0 Å². The van der Waals surface area contributed by atoms with Crippen molar-refractivity contribution in [2.24, 2.45) is 11.1 Å². The van der Waals surface area contributed by atoms with E-state index >= 15 is 0 Å². The van der Waals surface area contributed by atoms with E-state index in [4.69, 9.17) is 9.94 Å². The number of piperidine rings is 1. The topological polar surface area (TPSA) is 62.1 Å². The van der Waals surface area contributed by atoms with Crippen molar-refractivity contribution >= 4 is 11.7 Å². The van der Waals surface area contributed by atoms with E-state index < -0.39 is 17.6 Å². The molecule has 1 N–H and O–H groups in total. The summed E-state index contributed by atoms with van der Waals surface area (Å²) in [6, 6.07) is 11.8. The van der Waals surface area contributed by atoms with Gasteiger partial charge in [-0.1, -0.05) is 17.3 Å². The van der Waals surface area contributed by atoms with Crippen molar-refractivity contribution in [2.45, 2.75) is 12.8 Å². The van der Waals surface area contributed by atoms with Crippen LogP contribution in [0.3, 0.4) is 0 Å². The van der Waals surface area contributed by atoms with Gasteiger partial charge in [-0.25, -0.2) is 8.78 Å². The first-order valence-corrected chi connectivity index (χ1v) is 9.20. The highest BCUT2D eigenvalue weighted by molar-refractivity contribution is 6.12. The molecule has 5 nitrogen and oxygen atoms in total. The molecule has 0 bridgehead atoms. The first kappa shape index (κ1) is 19.9. The highest BCUT2D eigenvalue weighted by Gasteiger charge is 2.25. The number of carboxylic acid groups (broad SMARTS) is 1. The maximum absolute atomic E-state index is 14.2. The Hall–Kier alpha value is -2.80. The van der Waals surface area contributed by atoms with Crippen LogP contribution in [0.5, 0.6) is 0 Å². The van der Waals surface area contributed by atoms with Crippen molar-refractivity contribution < 1.29 is 23.5 Å². The summed E-state index contributed by atoms with van der Waals surface area (Å²) in [5.74, 6) is -1.97. The molecule has 0 spiro atoms. The predicted molar refractivity (Wildman–Crippen MR) is 101 cm³/mol. The Morgan fingerprint density at radius 3 is 2.64 bits per heavy atom. The molecule has 148 valence electrons. The number of hydrogen-bond donors (Lipinski definition) is 1. The molecule has 2 aromatic rings. The summed E-state index contributed by atoms with van der Waals surface area (Å²) in [6.45, 7) is 2.07. The van der Waals surface area contributed by atoms with Gasteiger partial charge in [-0.05, 0) is 55.8 Å². The van der Waals surface area contributed by atoms with E-state index in [1.165, 1.54) is 30.3 Å². The highest BCUT2D eigenvalue weighted by Crippen LogP contribution is 2.17. The molecule has 1 atom stereocenters. The maximum Gasteiger partial charge on any atom is 0.307 e. The lowest BCUT2D eigenvalue weighted by atomic mass is 9.98. The maximum atomic E-state index is 14.2. The monoisotopic (exact) mass is 388 g/mol. The number of hydrogen-bond acceptors (Lipinski definition) is 4. The van der Waals surface area contributed by atoms with E-state index in [0.29, 0.717) is 25.1 Å². The third-order valence-electron chi connectivity index (χ3n) is 4.76. The Kier molecular flexibility index (Phi) is 6.71. The lowest BCUT2D eigenvalue weighted by Gasteiger charge is -2.29. The number of halogens is 2. The lowest BCUT2D eigenvalue weighted by Crippen LogP contribution is -2.40. The van der Waals surface area contributed by atoms with Gasteiger partial charge >= 0.3 is 5.97 Å². The quantitative estimate of drug-likeness (QED) is 0.448. The minimum Gasteiger partial charge on any atom is -0.481 e. The molecule has 1 aliphatic heterocycles. The first-order valence-electron chi connectivity index (χ1n) is 9.20. The van der Waals surface area contributed by atoms with Gasteiger partial charge < -0.3 is 9.94 Å². The summed E-state index contributed by atoms with van der Waals surface area (Å²) in [4.78, 5) is 18.6. The van der Waals surface area contributed by atoms with E-state index in [9.17, 15) is 13.6 Å². The molecule has 0 amide bonds. The van der Waals surface area contributed by atoms with Gasteiger partial charge in [0.2, 0.25) is 0 Å². The summed E-state index contributed by atoms with van der Waals surface area (Å²) in [6.07, 6.45) is 1.52. The Labute approximate surface area is 162 Å². The molecule has 0 saturated carbocycles. The Balaban J connectivity index is 1.69. The van der Waals surface area contributed by atoms with Crippen LogP contribution < -0.4 is 0 Å². The minimum absolute atomic E-state index is 0.242. The fourth-order valence-corrected chi connectivity index (χ4v) is 3.26. The minimum atomic E-state index is -0.776. The second kappa shape index (κ2) is 9.41. The molecule has 1 fully saturated rings. The summed E-state index contributed by atoms with van der Waals surface area (Å²) < 4.78 is 27.5. The van der Waals surface area contributed by atoms with E-state index in [1.54, 1.807) is 18.2 Å². The third kappa shape index (κ3) is 5.13. The Morgan fingerprint density at radius 1 is 1.18 bits per heavy atom. The third-order valence-corrected chi connectivity index (χ3v) is 4.76. The van der Waals surface area contributed by atoms with Crippen LogP contribution in [-0.4, -0.2) is 47.9 Å². The average Bonchev–Trinajstić information content (AvgIpc) is 2.70. The summed E-state index contributed by atoms with van der Waals surface area (Å²) >= 11 is 0. The SMILES string of the molecule is O=C(O)[C@@H]1CCCN(CCON=C(c2ccc(F)cc2)c2ccccc2F)C1. The van der Waals surface area contributed by atoms with E-state index in [0.717, 1.165) is 13.0 Å². The van der Waals surface area contributed by atoms with Crippen LogP contribution >= 0.6 is 0 Å². The fourth-order valence-electron chi connectivity index (χ4n) is 3.26. The number of rotatable bonds is 7. The molecule has 0 unspecified atom stereocenters. The summed E-state index contributed by atoms with van der Waals surface area (Å²) in [5.41, 5.74) is 1.08. The van der Waals surface area contributed by atoms with Gasteiger partial charge in [-0.3, -0.25) is 9.69 Å². The normalized spacial score (nSPS) is 18.1. The number of carbonyl (C=O) groups is 1. The van der Waals surface area contributed by atoms with Crippen LogP contribution in [0.1, 0.15) is 24.0 Å². The van der Waals surface area contributed by atoms with Gasteiger partial charge in [0.1, 0.15) is 24.0 Å². The van der Waals surface area contributed by atoms with Crippen LogP contribution in [0.15, 0.2) is 53.7 Å². The van der Waals surface area contributed by atoms with Crippen LogP contribution in [0.4, 0.5) is 8.78 Å². The number of benzene rings is 2. The second-order valence-corrected chi connectivity index (χ2v) is 6.74. The van der Waals surface area contributed by atoms with Crippen LogP contribution in [0.2, 0.25) is 0 Å². The van der Waals surface area contributed by atoms with E-state index in [1.807, 2.05) is 4.90 Å². The van der Waals surface area contributed by atoms with E-state index in [-0.39, 0.29) is 23.8 Å². The molecule has 0 radical (unpaired) electrons. The van der Waals surface area contributed by atoms with E-state index in [2.05, 4.69) is 5.16 Å². The van der Waals surface area contributed by atoms with Gasteiger partial charge in [0.15, 0.2) is 0 Å². The summed E-state index contributed by atoms with van der Waals surface area (Å²) in [7, 11) is 0. The molecule has 2 aromatic carbocycles. The lowest BCUT2D eigenvalue weighted by molar-refractivity contribution is -0.143. The fraction of sp³-hybridized carbons (Fsp3) is 0.333. The number of likely N-dealkylation sites (tertiary alicyclic amines) is 1. The molecule has 1 aliphatic rings. The van der Waals surface area contributed by atoms with Crippen molar-refractivity contribution in [3.8, 4) is 0 Å². The number of oxime groups is 1. The summed E-state index contributed by atoms with van der Waals surface area (Å²) in [5, 5.41) is 13.3. The zero-order valence-electron chi connectivity index (χ0n) is 15.4. The first-order chi connectivity index (χ1) is 13.5. The molecule has 3 rings (SSSR count). The van der Waals surface area contributed by atoms with Crippen molar-refractivity contribution in [3.05, 3.63) is 71.3 Å². The molecule has 1 heterocycles. The van der Waals surface area contributed by atoms with Gasteiger partial charge in [-0.15, -0.1) is 0 Å². The molecule has 0 aliphatic carbocycles. The molecule has 1 saturated heterocycles. The average molecular weight is 388 g/mol. The molecule has 0 aromatic heterocycles. The van der Waals surface area contributed by atoms with Crippen molar-refractivity contribution in [1.29, 1.82) is 0 Å². The zero-order chi connectivity index (χ0) is 19.9. The Bertz CT molecular complexity index is 840. The van der Waals surface area contributed by atoms with Crippen molar-refractivity contribution in [1.82, 2.24) is 4.90 Å². The Morgan fingerprint density at radius 2 is 1.93 bits per heavy atom. The highest BCUT2D eigenvalue weighted by atomic mass is 19.1. The van der Waals surface area contributed by atoms with Crippen molar-refractivity contribution in [2.75, 3.05) is 26.2 Å². The molecular formula is C21H22F2N2O3. The second-order valence-electron chi connectivity index (χ2n) is 6.74.